The molecule has 1 atom stereocenters. The van der Waals surface area contributed by atoms with Gasteiger partial charge in [0.05, 0.1) is 11.8 Å². The van der Waals surface area contributed by atoms with Crippen molar-refractivity contribution in [1.82, 2.24) is 5.32 Å². The minimum atomic E-state index is -3.06. The molecule has 0 radical (unpaired) electrons. The molecule has 0 saturated heterocycles. The summed E-state index contributed by atoms with van der Waals surface area (Å²) >= 11 is 0. The topological polar surface area (TPSA) is 89.3 Å². The van der Waals surface area contributed by atoms with Gasteiger partial charge in [-0.05, 0) is 38.0 Å². The summed E-state index contributed by atoms with van der Waals surface area (Å²) < 4.78 is 22.2. The molecule has 124 valence electrons. The molecule has 3 N–H and O–H groups in total. The third-order valence-corrected chi connectivity index (χ3v) is 5.27. The van der Waals surface area contributed by atoms with Crippen LogP contribution in [0.15, 0.2) is 0 Å². The van der Waals surface area contributed by atoms with Gasteiger partial charge in [0.15, 0.2) is 0 Å². The number of unbranched alkanes of at least 4 members (excludes halogenated alkanes) is 1. The minimum Gasteiger partial charge on any atom is -0.352 e. The molecular formula is C15H30N2O3S. The summed E-state index contributed by atoms with van der Waals surface area (Å²) in [5, 5.41) is 2.97. The number of hydrogen-bond donors (Lipinski definition) is 2. The normalized spacial score (nSPS) is 24.5. The highest BCUT2D eigenvalue weighted by molar-refractivity contribution is 7.90. The number of sulfone groups is 1. The fourth-order valence-corrected chi connectivity index (χ4v) is 3.55. The Hall–Kier alpha value is -0.620. The van der Waals surface area contributed by atoms with Crippen LogP contribution in [-0.4, -0.2) is 38.4 Å². The molecule has 1 aliphatic rings. The largest absolute Gasteiger partial charge is 0.352 e. The molecule has 21 heavy (non-hydrogen) atoms. The molecule has 1 amide bonds. The first kappa shape index (κ1) is 18.4. The Balaban J connectivity index is 2.26. The predicted octanol–water partition coefficient (Wildman–Crippen LogP) is 1.61. The Labute approximate surface area is 129 Å². The molecule has 0 spiro atoms. The highest BCUT2D eigenvalue weighted by Gasteiger charge is 2.24. The van der Waals surface area contributed by atoms with E-state index < -0.39 is 15.9 Å². The van der Waals surface area contributed by atoms with Crippen LogP contribution in [0.3, 0.4) is 0 Å². The van der Waals surface area contributed by atoms with Crippen LogP contribution in [-0.2, 0) is 14.6 Å². The highest BCUT2D eigenvalue weighted by atomic mass is 32.2. The Kier molecular flexibility index (Phi) is 7.66. The number of rotatable bonds is 8. The van der Waals surface area contributed by atoms with E-state index in [4.69, 9.17) is 5.73 Å². The van der Waals surface area contributed by atoms with Gasteiger partial charge in [-0.15, -0.1) is 0 Å². The first-order chi connectivity index (χ1) is 9.81. The SMILES string of the molecule is CCCCC1CCC(NC(=O)C(N)CCS(C)(=O)=O)CC1. The van der Waals surface area contributed by atoms with Crippen molar-refractivity contribution in [1.29, 1.82) is 0 Å². The van der Waals surface area contributed by atoms with Gasteiger partial charge in [-0.2, -0.15) is 0 Å². The van der Waals surface area contributed by atoms with E-state index in [0.29, 0.717) is 0 Å². The van der Waals surface area contributed by atoms with E-state index in [1.807, 2.05) is 0 Å². The van der Waals surface area contributed by atoms with Gasteiger partial charge in [-0.25, -0.2) is 8.42 Å². The predicted molar refractivity (Wildman–Crippen MR) is 85.7 cm³/mol. The second-order valence-corrected chi connectivity index (χ2v) is 8.65. The van der Waals surface area contributed by atoms with E-state index in [-0.39, 0.29) is 24.1 Å². The standard InChI is InChI=1S/C15H30N2O3S/c1-3-4-5-12-6-8-13(9-7-12)17-15(18)14(16)10-11-21(2,19)20/h12-14H,3-11,16H2,1-2H3,(H,17,18). The maximum absolute atomic E-state index is 12.0. The zero-order chi connectivity index (χ0) is 15.9. The van der Waals surface area contributed by atoms with Crippen LogP contribution in [0.5, 0.6) is 0 Å². The second-order valence-electron chi connectivity index (χ2n) is 6.39. The monoisotopic (exact) mass is 318 g/mol. The molecule has 1 aliphatic carbocycles. The molecule has 1 fully saturated rings. The third kappa shape index (κ3) is 7.81. The van der Waals surface area contributed by atoms with E-state index in [1.54, 1.807) is 0 Å². The quantitative estimate of drug-likeness (QED) is 0.711. The Bertz CT molecular complexity index is 415. The summed E-state index contributed by atoms with van der Waals surface area (Å²) in [6.45, 7) is 2.21. The van der Waals surface area contributed by atoms with Gasteiger partial charge in [0.2, 0.25) is 5.91 Å². The summed E-state index contributed by atoms with van der Waals surface area (Å²) in [4.78, 5) is 12.0. The van der Waals surface area contributed by atoms with Gasteiger partial charge in [0, 0.05) is 12.3 Å². The molecule has 0 aliphatic heterocycles. The number of nitrogens with two attached hydrogens (primary N) is 1. The molecule has 0 aromatic carbocycles. The third-order valence-electron chi connectivity index (χ3n) is 4.30. The van der Waals surface area contributed by atoms with E-state index in [9.17, 15) is 13.2 Å². The number of nitrogens with one attached hydrogen (secondary N) is 1. The van der Waals surface area contributed by atoms with Crippen LogP contribution in [0.4, 0.5) is 0 Å². The summed E-state index contributed by atoms with van der Waals surface area (Å²) in [5.41, 5.74) is 5.76. The first-order valence-corrected chi connectivity index (χ1v) is 10.1. The van der Waals surface area contributed by atoms with Crippen LogP contribution in [0.25, 0.3) is 0 Å². The molecule has 0 aromatic rings. The lowest BCUT2D eigenvalue weighted by atomic mass is 9.83. The van der Waals surface area contributed by atoms with Crippen molar-refractivity contribution in [2.45, 2.75) is 70.4 Å². The highest BCUT2D eigenvalue weighted by Crippen LogP contribution is 2.28. The average molecular weight is 318 g/mol. The molecule has 0 bridgehead atoms. The van der Waals surface area contributed by atoms with Crippen LogP contribution >= 0.6 is 0 Å². The second kappa shape index (κ2) is 8.73. The van der Waals surface area contributed by atoms with Crippen molar-refractivity contribution < 1.29 is 13.2 Å². The Morgan fingerprint density at radius 1 is 1.29 bits per heavy atom. The number of carbonyl (C=O) groups excluding carboxylic acids is 1. The van der Waals surface area contributed by atoms with Crippen molar-refractivity contribution in [2.75, 3.05) is 12.0 Å². The van der Waals surface area contributed by atoms with Crippen molar-refractivity contribution >= 4 is 15.7 Å². The summed E-state index contributed by atoms with van der Waals surface area (Å²) in [6.07, 6.45) is 9.55. The van der Waals surface area contributed by atoms with Crippen molar-refractivity contribution in [3.05, 3.63) is 0 Å². The van der Waals surface area contributed by atoms with E-state index in [0.717, 1.165) is 25.0 Å². The fourth-order valence-electron chi connectivity index (χ4n) is 2.87. The van der Waals surface area contributed by atoms with Gasteiger partial charge in [-0.1, -0.05) is 26.2 Å². The maximum Gasteiger partial charge on any atom is 0.237 e. The van der Waals surface area contributed by atoms with Gasteiger partial charge < -0.3 is 11.1 Å². The molecule has 0 heterocycles. The number of carbonyl (C=O) groups is 1. The summed E-state index contributed by atoms with van der Waals surface area (Å²) in [6, 6.07) is -0.516. The van der Waals surface area contributed by atoms with E-state index in [2.05, 4.69) is 12.2 Å². The van der Waals surface area contributed by atoms with Gasteiger partial charge in [-0.3, -0.25) is 4.79 Å². The summed E-state index contributed by atoms with van der Waals surface area (Å²) in [7, 11) is -3.06. The van der Waals surface area contributed by atoms with E-state index >= 15 is 0 Å². The van der Waals surface area contributed by atoms with Crippen LogP contribution in [0, 0.1) is 5.92 Å². The van der Waals surface area contributed by atoms with Crippen LogP contribution in [0.1, 0.15) is 58.3 Å². The van der Waals surface area contributed by atoms with Crippen molar-refractivity contribution in [3.63, 3.8) is 0 Å². The molecule has 1 unspecified atom stereocenters. The van der Waals surface area contributed by atoms with Gasteiger partial charge in [0.25, 0.3) is 0 Å². The molecule has 1 rings (SSSR count). The van der Waals surface area contributed by atoms with Gasteiger partial charge >= 0.3 is 0 Å². The molecule has 1 saturated carbocycles. The average Bonchev–Trinajstić information content (AvgIpc) is 2.43. The van der Waals surface area contributed by atoms with Crippen LogP contribution in [0.2, 0.25) is 0 Å². The molecule has 5 nitrogen and oxygen atoms in total. The molecular weight excluding hydrogens is 288 g/mol. The Morgan fingerprint density at radius 3 is 2.43 bits per heavy atom. The number of hydrogen-bond acceptors (Lipinski definition) is 4. The lowest BCUT2D eigenvalue weighted by molar-refractivity contribution is -0.123. The smallest absolute Gasteiger partial charge is 0.237 e. The van der Waals surface area contributed by atoms with E-state index in [1.165, 1.54) is 32.1 Å². The first-order valence-electron chi connectivity index (χ1n) is 8.05. The zero-order valence-corrected chi connectivity index (χ0v) is 14.1. The van der Waals surface area contributed by atoms with Crippen LogP contribution < -0.4 is 11.1 Å². The molecule has 0 aromatic heterocycles. The number of amides is 1. The minimum absolute atomic E-state index is 0.0364. The fraction of sp³-hybridized carbons (Fsp3) is 0.933. The maximum atomic E-state index is 12.0. The van der Waals surface area contributed by atoms with Crippen molar-refractivity contribution in [2.24, 2.45) is 11.7 Å². The zero-order valence-electron chi connectivity index (χ0n) is 13.3. The lowest BCUT2D eigenvalue weighted by Gasteiger charge is -2.29. The van der Waals surface area contributed by atoms with Crippen molar-refractivity contribution in [3.8, 4) is 0 Å². The summed E-state index contributed by atoms with van der Waals surface area (Å²) in [5.74, 6) is 0.554. The van der Waals surface area contributed by atoms with Gasteiger partial charge in [0.1, 0.15) is 9.84 Å². The lowest BCUT2D eigenvalue weighted by Crippen LogP contribution is -2.47. The Morgan fingerprint density at radius 2 is 1.90 bits per heavy atom. The molecule has 6 heteroatoms.